The van der Waals surface area contributed by atoms with E-state index in [1.54, 1.807) is 4.90 Å². The summed E-state index contributed by atoms with van der Waals surface area (Å²) in [7, 11) is 0. The van der Waals surface area contributed by atoms with E-state index < -0.39 is 5.82 Å². The Morgan fingerprint density at radius 1 is 1.12 bits per heavy atom. The molecule has 0 saturated carbocycles. The second-order valence-corrected chi connectivity index (χ2v) is 6.92. The van der Waals surface area contributed by atoms with Crippen molar-refractivity contribution in [1.29, 1.82) is 0 Å². The number of carbonyl (C=O) groups is 1. The molecule has 1 aromatic heterocycles. The molecule has 0 aliphatic carbocycles. The number of amides is 1. The van der Waals surface area contributed by atoms with Gasteiger partial charge in [-0.1, -0.05) is 53.2 Å². The summed E-state index contributed by atoms with van der Waals surface area (Å²) in [6.07, 6.45) is 0. The summed E-state index contributed by atoms with van der Waals surface area (Å²) in [6.45, 7) is 0. The van der Waals surface area contributed by atoms with Gasteiger partial charge in [0.15, 0.2) is 11.0 Å². The first-order valence-corrected chi connectivity index (χ1v) is 8.90. The largest absolute Gasteiger partial charge is 0.352 e. The Labute approximate surface area is 156 Å². The molecule has 1 aliphatic heterocycles. The molecule has 0 N–H and O–H groups in total. The quantitative estimate of drug-likeness (QED) is 0.578. The van der Waals surface area contributed by atoms with E-state index in [4.69, 9.17) is 23.2 Å². The number of nitrogens with zero attached hydrogens (tertiary/aromatic N) is 4. The first-order valence-electron chi connectivity index (χ1n) is 7.16. The zero-order valence-electron chi connectivity index (χ0n) is 12.5. The highest BCUT2D eigenvalue weighted by Gasteiger charge is 2.29. The van der Waals surface area contributed by atoms with E-state index in [0.29, 0.717) is 11.0 Å². The monoisotopic (exact) mass is 394 g/mol. The molecule has 3 aromatic rings. The SMILES string of the molecule is O=C1N(c2ccccc2)CSc2nc(-c3cc(F)c(Cl)cc3Cl)nn21. The van der Waals surface area contributed by atoms with Gasteiger partial charge in [-0.25, -0.2) is 14.2 Å². The molecule has 1 aliphatic rings. The summed E-state index contributed by atoms with van der Waals surface area (Å²) < 4.78 is 14.9. The lowest BCUT2D eigenvalue weighted by Crippen LogP contribution is -2.38. The molecule has 25 heavy (non-hydrogen) atoms. The predicted molar refractivity (Wildman–Crippen MR) is 95.9 cm³/mol. The summed E-state index contributed by atoms with van der Waals surface area (Å²) in [5, 5.41) is 4.77. The van der Waals surface area contributed by atoms with Crippen LogP contribution in [0.1, 0.15) is 0 Å². The Hall–Kier alpha value is -2.09. The lowest BCUT2D eigenvalue weighted by atomic mass is 10.2. The van der Waals surface area contributed by atoms with E-state index in [2.05, 4.69) is 10.1 Å². The molecule has 0 atom stereocenters. The van der Waals surface area contributed by atoms with Crippen molar-refractivity contribution in [2.45, 2.75) is 5.16 Å². The van der Waals surface area contributed by atoms with Crippen molar-refractivity contribution in [3.8, 4) is 11.4 Å². The van der Waals surface area contributed by atoms with Crippen LogP contribution in [-0.2, 0) is 0 Å². The molecule has 2 aromatic carbocycles. The van der Waals surface area contributed by atoms with Crippen LogP contribution in [0.2, 0.25) is 10.0 Å². The second-order valence-electron chi connectivity index (χ2n) is 5.20. The molecule has 0 radical (unpaired) electrons. The highest BCUT2D eigenvalue weighted by molar-refractivity contribution is 7.99. The Kier molecular flexibility index (Phi) is 4.15. The molecule has 9 heteroatoms. The molecule has 1 amide bonds. The first-order chi connectivity index (χ1) is 12.0. The Morgan fingerprint density at radius 2 is 1.88 bits per heavy atom. The number of benzene rings is 2. The maximum absolute atomic E-state index is 13.8. The van der Waals surface area contributed by atoms with Crippen molar-refractivity contribution in [2.24, 2.45) is 0 Å². The first kappa shape index (κ1) is 16.4. The van der Waals surface area contributed by atoms with Gasteiger partial charge < -0.3 is 0 Å². The maximum Gasteiger partial charge on any atom is 0.352 e. The predicted octanol–water partition coefficient (Wildman–Crippen LogP) is 4.93. The smallest absolute Gasteiger partial charge is 0.282 e. The van der Waals surface area contributed by atoms with Gasteiger partial charge in [-0.3, -0.25) is 4.90 Å². The van der Waals surface area contributed by atoms with Crippen molar-refractivity contribution < 1.29 is 9.18 Å². The van der Waals surface area contributed by atoms with E-state index in [1.165, 1.54) is 22.5 Å². The van der Waals surface area contributed by atoms with Gasteiger partial charge in [-0.05, 0) is 24.3 Å². The number of anilines is 1. The van der Waals surface area contributed by atoms with Crippen LogP contribution >= 0.6 is 35.0 Å². The van der Waals surface area contributed by atoms with E-state index in [0.717, 1.165) is 11.8 Å². The summed E-state index contributed by atoms with van der Waals surface area (Å²) >= 11 is 13.2. The molecule has 0 bridgehead atoms. The summed E-state index contributed by atoms with van der Waals surface area (Å²) in [6, 6.07) is 11.4. The van der Waals surface area contributed by atoms with Crippen molar-refractivity contribution >= 4 is 46.7 Å². The van der Waals surface area contributed by atoms with E-state index in [1.807, 2.05) is 30.3 Å². The van der Waals surface area contributed by atoms with E-state index in [9.17, 15) is 9.18 Å². The minimum atomic E-state index is -0.626. The highest BCUT2D eigenvalue weighted by atomic mass is 35.5. The molecule has 2 heterocycles. The molecular weight excluding hydrogens is 386 g/mol. The minimum Gasteiger partial charge on any atom is -0.282 e. The lowest BCUT2D eigenvalue weighted by Gasteiger charge is -2.25. The van der Waals surface area contributed by atoms with Gasteiger partial charge in [0.2, 0.25) is 0 Å². The van der Waals surface area contributed by atoms with Gasteiger partial charge in [0.1, 0.15) is 5.82 Å². The highest BCUT2D eigenvalue weighted by Crippen LogP contribution is 2.34. The van der Waals surface area contributed by atoms with Crippen molar-refractivity contribution in [3.63, 3.8) is 0 Å². The number of hydrogen-bond acceptors (Lipinski definition) is 4. The molecule has 5 nitrogen and oxygen atoms in total. The van der Waals surface area contributed by atoms with Crippen molar-refractivity contribution in [3.05, 3.63) is 58.3 Å². The zero-order chi connectivity index (χ0) is 17.6. The van der Waals surface area contributed by atoms with Crippen LogP contribution in [-0.4, -0.2) is 26.7 Å². The summed E-state index contributed by atoms with van der Waals surface area (Å²) in [5.41, 5.74) is 1.04. The van der Waals surface area contributed by atoms with Gasteiger partial charge in [-0.2, -0.15) is 4.68 Å². The number of aromatic nitrogens is 3. The van der Waals surface area contributed by atoms with Gasteiger partial charge in [-0.15, -0.1) is 5.10 Å². The third-order valence-electron chi connectivity index (χ3n) is 3.63. The molecule has 0 unspecified atom stereocenters. The third-order valence-corrected chi connectivity index (χ3v) is 5.14. The number of halogens is 3. The van der Waals surface area contributed by atoms with Crippen LogP contribution in [0.5, 0.6) is 0 Å². The third kappa shape index (κ3) is 2.88. The number of thioether (sulfide) groups is 1. The molecule has 4 rings (SSSR count). The topological polar surface area (TPSA) is 51.0 Å². The van der Waals surface area contributed by atoms with Crippen LogP contribution in [0.25, 0.3) is 11.4 Å². The fourth-order valence-corrected chi connectivity index (χ4v) is 3.77. The van der Waals surface area contributed by atoms with Crippen LogP contribution in [0.15, 0.2) is 47.6 Å². The minimum absolute atomic E-state index is 0.0848. The van der Waals surface area contributed by atoms with Crippen LogP contribution in [0.3, 0.4) is 0 Å². The summed E-state index contributed by atoms with van der Waals surface area (Å²) in [5.74, 6) is -0.0472. The second kappa shape index (κ2) is 6.33. The molecular formula is C16H9Cl2FN4OS. The standard InChI is InChI=1S/C16H9Cl2FN4OS/c17-11-7-12(18)13(19)6-10(11)14-20-15-23(21-14)16(24)22(8-25-15)9-4-2-1-3-5-9/h1-7H,8H2. The van der Waals surface area contributed by atoms with Gasteiger partial charge in [0.25, 0.3) is 0 Å². The van der Waals surface area contributed by atoms with Crippen molar-refractivity contribution in [1.82, 2.24) is 14.8 Å². The van der Waals surface area contributed by atoms with E-state index in [-0.39, 0.29) is 27.5 Å². The Balaban J connectivity index is 1.74. The van der Waals surface area contributed by atoms with Crippen LogP contribution < -0.4 is 4.90 Å². The van der Waals surface area contributed by atoms with E-state index >= 15 is 0 Å². The lowest BCUT2D eigenvalue weighted by molar-refractivity contribution is 0.243. The fraction of sp³-hybridized carbons (Fsp3) is 0.0625. The van der Waals surface area contributed by atoms with Gasteiger partial charge >= 0.3 is 6.03 Å². The normalized spacial score (nSPS) is 13.9. The number of fused-ring (bicyclic) bond motifs is 1. The Morgan fingerprint density at radius 3 is 2.64 bits per heavy atom. The average molecular weight is 395 g/mol. The fourth-order valence-electron chi connectivity index (χ4n) is 2.41. The molecule has 0 saturated heterocycles. The van der Waals surface area contributed by atoms with Crippen LogP contribution in [0, 0.1) is 5.82 Å². The van der Waals surface area contributed by atoms with Gasteiger partial charge in [0, 0.05) is 11.3 Å². The molecule has 0 fully saturated rings. The van der Waals surface area contributed by atoms with Gasteiger partial charge in [0.05, 0.1) is 15.9 Å². The molecule has 0 spiro atoms. The average Bonchev–Trinajstić information content (AvgIpc) is 3.04. The van der Waals surface area contributed by atoms with Crippen LogP contribution in [0.4, 0.5) is 14.9 Å². The number of hydrogen-bond donors (Lipinski definition) is 0. The number of rotatable bonds is 2. The van der Waals surface area contributed by atoms with Crippen molar-refractivity contribution in [2.75, 3.05) is 10.8 Å². The zero-order valence-corrected chi connectivity index (χ0v) is 14.8. The number of carbonyl (C=O) groups excluding carboxylic acids is 1. The summed E-state index contributed by atoms with van der Waals surface area (Å²) in [4.78, 5) is 18.6. The maximum atomic E-state index is 13.8. The molecule has 126 valence electrons. The Bertz CT molecular complexity index is 980. The number of para-hydroxylation sites is 1.